The largest absolute Gasteiger partial charge is 0.497 e. The van der Waals surface area contributed by atoms with Crippen LogP contribution in [0.15, 0.2) is 72.0 Å². The molecule has 3 aromatic carbocycles. The van der Waals surface area contributed by atoms with E-state index in [1.807, 2.05) is 34.0 Å². The van der Waals surface area contributed by atoms with Crippen LogP contribution < -0.4 is 23.8 Å². The van der Waals surface area contributed by atoms with E-state index >= 15 is 0 Å². The molecule has 0 fully saturated rings. The van der Waals surface area contributed by atoms with E-state index in [9.17, 15) is 31.6 Å². The van der Waals surface area contributed by atoms with Crippen LogP contribution >= 0.6 is 34.1 Å². The molecule has 0 spiro atoms. The van der Waals surface area contributed by atoms with Crippen LogP contribution in [0.4, 0.5) is 24.1 Å². The Hall–Kier alpha value is -4.94. The molecule has 0 unspecified atom stereocenters. The number of nitrogens with one attached hydrogen (secondary N) is 1. The number of sulfonamides is 1. The van der Waals surface area contributed by atoms with Gasteiger partial charge in [-0.25, -0.2) is 22.4 Å². The van der Waals surface area contributed by atoms with Crippen molar-refractivity contribution >= 4 is 61.0 Å². The number of hydrogen-bond donors (Lipinski definition) is 1. The molecule has 0 bridgehead atoms. The molecule has 5 rings (SSSR count). The van der Waals surface area contributed by atoms with Crippen LogP contribution in [0.3, 0.4) is 0 Å². The highest BCUT2D eigenvalue weighted by molar-refractivity contribution is 14.1. The molecule has 5 aromatic rings. The second-order valence-corrected chi connectivity index (χ2v) is 15.7. The highest BCUT2D eigenvalue weighted by Crippen LogP contribution is 2.41. The third kappa shape index (κ3) is 8.08. The quantitative estimate of drug-likeness (QED) is 0.133. The highest BCUT2D eigenvalue weighted by Gasteiger charge is 2.40. The van der Waals surface area contributed by atoms with Crippen molar-refractivity contribution in [3.05, 3.63) is 81.8 Å². The summed E-state index contributed by atoms with van der Waals surface area (Å²) in [6.45, 7) is 4.90. The van der Waals surface area contributed by atoms with Gasteiger partial charge < -0.3 is 19.5 Å². The van der Waals surface area contributed by atoms with E-state index in [0.29, 0.717) is 20.6 Å². The maximum atomic E-state index is 14.2. The highest BCUT2D eigenvalue weighted by atomic mass is 127. The number of nitriles is 1. The lowest BCUT2D eigenvalue weighted by molar-refractivity contribution is -0.167. The molecule has 13 nitrogen and oxygen atoms in total. The minimum atomic E-state index is -5.18. The van der Waals surface area contributed by atoms with Crippen molar-refractivity contribution < 1.29 is 40.6 Å². The van der Waals surface area contributed by atoms with Gasteiger partial charge in [0.25, 0.3) is 10.0 Å². The summed E-state index contributed by atoms with van der Waals surface area (Å²) in [7, 11) is -1.45. The van der Waals surface area contributed by atoms with E-state index in [-0.39, 0.29) is 50.6 Å². The van der Waals surface area contributed by atoms with Crippen molar-refractivity contribution in [2.75, 3.05) is 23.8 Å². The van der Waals surface area contributed by atoms with E-state index in [1.165, 1.54) is 49.6 Å². The zero-order chi connectivity index (χ0) is 38.0. The van der Waals surface area contributed by atoms with Gasteiger partial charge in [-0.2, -0.15) is 27.9 Å². The number of benzene rings is 3. The van der Waals surface area contributed by atoms with Crippen molar-refractivity contribution in [2.45, 2.75) is 43.9 Å². The zero-order valence-electron chi connectivity index (χ0n) is 28.0. The van der Waals surface area contributed by atoms with Crippen LogP contribution in [-0.2, 0) is 26.9 Å². The maximum absolute atomic E-state index is 14.2. The number of ether oxygens (including phenoxy) is 3. The molecule has 2 aromatic heterocycles. The Morgan fingerprint density at radius 1 is 1.02 bits per heavy atom. The van der Waals surface area contributed by atoms with Gasteiger partial charge in [0, 0.05) is 37.9 Å². The lowest BCUT2D eigenvalue weighted by atomic mass is 10.1. The number of methoxy groups -OCH3 is 2. The fourth-order valence-corrected chi connectivity index (χ4v) is 7.56. The van der Waals surface area contributed by atoms with Crippen molar-refractivity contribution in [3.63, 3.8) is 0 Å². The summed E-state index contributed by atoms with van der Waals surface area (Å²) < 4.78 is 92.3. The van der Waals surface area contributed by atoms with Crippen molar-refractivity contribution in [1.29, 1.82) is 5.26 Å². The number of carbonyl (C=O) groups is 1. The standard InChI is InChI=1S/C33H29F3IN7O6S2/c1-32(2,3)44-29(42-30(45)33(34,35)36)25(16-40-44)24-13-21(37)7-10-27(24)50-26-11-9-23(12-20(26)15-38)52(46,47)43(31-39-18-41-51-31)17-19-6-8-22(48-4)14-28(19)49-5/h6-14,16,18H,17H2,1-5H3,(H,42,45). The molecule has 0 aliphatic heterocycles. The molecule has 0 aliphatic rings. The normalized spacial score (nSPS) is 11.8. The monoisotopic (exact) mass is 867 g/mol. The predicted octanol–water partition coefficient (Wildman–Crippen LogP) is 7.34. The minimum absolute atomic E-state index is 0.0488. The molecular formula is C33H29F3IN7O6S2. The van der Waals surface area contributed by atoms with E-state index in [1.54, 1.807) is 51.1 Å². The molecule has 0 saturated heterocycles. The van der Waals surface area contributed by atoms with Gasteiger partial charge >= 0.3 is 12.1 Å². The molecule has 1 amide bonds. The maximum Gasteiger partial charge on any atom is 0.471 e. The molecule has 52 heavy (non-hydrogen) atoms. The summed E-state index contributed by atoms with van der Waals surface area (Å²) in [5.74, 6) is -1.51. The Morgan fingerprint density at radius 3 is 2.37 bits per heavy atom. The topological polar surface area (TPSA) is 162 Å². The van der Waals surface area contributed by atoms with Crippen LogP contribution in [0.5, 0.6) is 23.0 Å². The summed E-state index contributed by atoms with van der Waals surface area (Å²) in [5.41, 5.74) is -0.155. The first-order valence-corrected chi connectivity index (χ1v) is 18.3. The second-order valence-electron chi connectivity index (χ2n) is 11.9. The Labute approximate surface area is 314 Å². The van der Waals surface area contributed by atoms with Gasteiger partial charge in [-0.05, 0) is 91.9 Å². The van der Waals surface area contributed by atoms with Crippen molar-refractivity contribution in [1.82, 2.24) is 19.1 Å². The molecule has 19 heteroatoms. The van der Waals surface area contributed by atoms with Crippen LogP contribution in [0.2, 0.25) is 0 Å². The molecule has 272 valence electrons. The third-order valence-corrected chi connectivity index (χ3v) is 10.6. The molecule has 0 radical (unpaired) electrons. The van der Waals surface area contributed by atoms with E-state index in [0.717, 1.165) is 21.9 Å². The van der Waals surface area contributed by atoms with Crippen LogP contribution in [0.1, 0.15) is 31.9 Å². The van der Waals surface area contributed by atoms with Gasteiger partial charge in [0.2, 0.25) is 5.13 Å². The van der Waals surface area contributed by atoms with Gasteiger partial charge in [0.05, 0.1) is 43.0 Å². The molecule has 0 aliphatic carbocycles. The summed E-state index contributed by atoms with van der Waals surface area (Å²) in [6, 6.07) is 15.4. The number of halogens is 4. The number of anilines is 2. The molecular weight excluding hydrogens is 838 g/mol. The Kier molecular flexibility index (Phi) is 11.0. The van der Waals surface area contributed by atoms with E-state index < -0.39 is 27.6 Å². The lowest BCUT2D eigenvalue weighted by Gasteiger charge is -2.24. The predicted molar refractivity (Wildman–Crippen MR) is 194 cm³/mol. The van der Waals surface area contributed by atoms with E-state index in [2.05, 4.69) is 14.5 Å². The SMILES string of the molecule is COc1ccc(CN(c2ncns2)S(=O)(=O)c2ccc(Oc3ccc(I)cc3-c3cnn(C(C)(C)C)c3NC(=O)C(F)(F)F)c(C#N)c2)c(OC)c1. The summed E-state index contributed by atoms with van der Waals surface area (Å²) in [4.78, 5) is 16.0. The number of amides is 1. The minimum Gasteiger partial charge on any atom is -0.497 e. The number of rotatable bonds is 11. The lowest BCUT2D eigenvalue weighted by Crippen LogP contribution is -2.33. The Bertz CT molecular complexity index is 2270. The smallest absolute Gasteiger partial charge is 0.471 e. The van der Waals surface area contributed by atoms with Gasteiger partial charge in [0.1, 0.15) is 41.2 Å². The van der Waals surface area contributed by atoms with Gasteiger partial charge in [-0.15, -0.1) is 0 Å². The van der Waals surface area contributed by atoms with Gasteiger partial charge in [0.15, 0.2) is 0 Å². The summed E-state index contributed by atoms with van der Waals surface area (Å²) in [6.07, 6.45) is -2.66. The first kappa shape index (κ1) is 38.3. The third-order valence-electron chi connectivity index (χ3n) is 7.38. The van der Waals surface area contributed by atoms with Gasteiger partial charge in [-0.1, -0.05) is 0 Å². The number of hydrogen-bond acceptors (Lipinski definition) is 11. The molecule has 1 N–H and O–H groups in total. The fraction of sp³-hybridized carbons (Fsp3) is 0.242. The number of alkyl halides is 3. The van der Waals surface area contributed by atoms with Gasteiger partial charge in [-0.3, -0.25) is 4.79 Å². The van der Waals surface area contributed by atoms with Crippen LogP contribution in [0.25, 0.3) is 11.1 Å². The van der Waals surface area contributed by atoms with Crippen molar-refractivity contribution in [2.24, 2.45) is 0 Å². The average Bonchev–Trinajstić information content (AvgIpc) is 3.78. The average molecular weight is 868 g/mol. The molecule has 0 atom stereocenters. The van der Waals surface area contributed by atoms with Crippen LogP contribution in [0, 0.1) is 14.9 Å². The summed E-state index contributed by atoms with van der Waals surface area (Å²) in [5, 5.41) is 16.4. The first-order chi connectivity index (χ1) is 24.5. The number of aromatic nitrogens is 4. The molecule has 0 saturated carbocycles. The number of nitrogens with zero attached hydrogens (tertiary/aromatic N) is 6. The second kappa shape index (κ2) is 15.0. The fourth-order valence-electron chi connectivity index (χ4n) is 4.92. The Morgan fingerprint density at radius 2 is 1.75 bits per heavy atom. The summed E-state index contributed by atoms with van der Waals surface area (Å²) >= 11 is 2.86. The van der Waals surface area contributed by atoms with Crippen LogP contribution in [-0.4, -0.2) is 53.9 Å². The molecule has 2 heterocycles. The number of carbonyl (C=O) groups excluding carboxylic acids is 1. The first-order valence-electron chi connectivity index (χ1n) is 15.0. The zero-order valence-corrected chi connectivity index (χ0v) is 31.8. The Balaban J connectivity index is 1.55. The van der Waals surface area contributed by atoms with E-state index in [4.69, 9.17) is 14.2 Å². The van der Waals surface area contributed by atoms with Crippen molar-refractivity contribution in [3.8, 4) is 40.2 Å².